The van der Waals surface area contributed by atoms with Crippen LogP contribution in [0.3, 0.4) is 0 Å². The minimum Gasteiger partial charge on any atom is -0.492 e. The van der Waals surface area contributed by atoms with Crippen molar-refractivity contribution in [1.82, 2.24) is 5.32 Å². The van der Waals surface area contributed by atoms with Crippen LogP contribution in [0.2, 0.25) is 0 Å². The predicted molar refractivity (Wildman–Crippen MR) is 79.2 cm³/mol. The summed E-state index contributed by atoms with van der Waals surface area (Å²) in [5, 5.41) is 2.99. The van der Waals surface area contributed by atoms with Gasteiger partial charge in [0.1, 0.15) is 18.1 Å². The van der Waals surface area contributed by atoms with E-state index < -0.39 is 0 Å². The summed E-state index contributed by atoms with van der Waals surface area (Å²) in [6.45, 7) is 1.12. The van der Waals surface area contributed by atoms with Crippen molar-refractivity contribution in [3.8, 4) is 5.75 Å². The number of hydrogen-bond donors (Lipinski definition) is 1. The van der Waals surface area contributed by atoms with Crippen molar-refractivity contribution in [3.63, 3.8) is 0 Å². The number of hydrogen-bond acceptors (Lipinski definition) is 3. The first kappa shape index (κ1) is 13.7. The van der Waals surface area contributed by atoms with Crippen molar-refractivity contribution in [2.75, 3.05) is 13.2 Å². The van der Waals surface area contributed by atoms with Gasteiger partial charge in [-0.2, -0.15) is 0 Å². The number of furan rings is 1. The Labute approximate surface area is 124 Å². The third-order valence-electron chi connectivity index (χ3n) is 3.73. The number of para-hydroxylation sites is 1. The molecule has 1 atom stereocenters. The first-order valence-corrected chi connectivity index (χ1v) is 7.34. The predicted octanol–water partition coefficient (Wildman–Crippen LogP) is 2.58. The number of nitrogens with one attached hydrogen (secondary N) is 1. The average Bonchev–Trinajstić information content (AvgIpc) is 3.04. The first-order valence-electron chi connectivity index (χ1n) is 7.34. The molecule has 1 N–H and O–H groups in total. The Kier molecular flexibility index (Phi) is 4.24. The van der Waals surface area contributed by atoms with Gasteiger partial charge >= 0.3 is 0 Å². The molecule has 2 aromatic rings. The highest BCUT2D eigenvalue weighted by molar-refractivity contribution is 5.79. The summed E-state index contributed by atoms with van der Waals surface area (Å²) >= 11 is 0. The molecule has 0 saturated heterocycles. The molecule has 3 rings (SSSR count). The normalized spacial score (nSPS) is 16.9. The second-order valence-corrected chi connectivity index (χ2v) is 5.29. The van der Waals surface area contributed by atoms with Crippen LogP contribution in [0.5, 0.6) is 5.75 Å². The van der Waals surface area contributed by atoms with Gasteiger partial charge in [0.25, 0.3) is 0 Å². The van der Waals surface area contributed by atoms with Crippen molar-refractivity contribution in [2.45, 2.75) is 19.3 Å². The maximum absolute atomic E-state index is 12.2. The molecule has 4 nitrogen and oxygen atoms in total. The molecule has 4 heteroatoms. The molecule has 0 unspecified atom stereocenters. The summed E-state index contributed by atoms with van der Waals surface area (Å²) in [6.07, 6.45) is 4.14. The second kappa shape index (κ2) is 6.48. The number of carbonyl (C=O) groups is 1. The zero-order valence-electron chi connectivity index (χ0n) is 11.9. The summed E-state index contributed by atoms with van der Waals surface area (Å²) in [5.74, 6) is 1.84. The van der Waals surface area contributed by atoms with Crippen molar-refractivity contribution in [2.24, 2.45) is 5.92 Å². The van der Waals surface area contributed by atoms with Crippen LogP contribution in [-0.2, 0) is 17.6 Å². The molecule has 0 fully saturated rings. The summed E-state index contributed by atoms with van der Waals surface area (Å²) in [4.78, 5) is 12.2. The average molecular weight is 285 g/mol. The maximum atomic E-state index is 12.2. The number of carbonyl (C=O) groups excluding carboxylic acids is 1. The Morgan fingerprint density at radius 3 is 3.00 bits per heavy atom. The van der Waals surface area contributed by atoms with E-state index in [4.69, 9.17) is 9.15 Å². The highest BCUT2D eigenvalue weighted by atomic mass is 16.5. The number of benzene rings is 1. The third-order valence-corrected chi connectivity index (χ3v) is 3.73. The molecule has 1 aliphatic heterocycles. The summed E-state index contributed by atoms with van der Waals surface area (Å²) in [6, 6.07) is 11.7. The van der Waals surface area contributed by atoms with Gasteiger partial charge in [0.2, 0.25) is 5.91 Å². The fourth-order valence-corrected chi connectivity index (χ4v) is 2.57. The van der Waals surface area contributed by atoms with Crippen LogP contribution < -0.4 is 10.1 Å². The Balaban J connectivity index is 1.44. The van der Waals surface area contributed by atoms with E-state index in [1.807, 2.05) is 36.4 Å². The Morgan fingerprint density at radius 1 is 1.24 bits per heavy atom. The van der Waals surface area contributed by atoms with Crippen LogP contribution in [0.25, 0.3) is 0 Å². The summed E-state index contributed by atoms with van der Waals surface area (Å²) < 4.78 is 10.9. The number of fused-ring (bicyclic) bond motifs is 1. The van der Waals surface area contributed by atoms with E-state index >= 15 is 0 Å². The lowest BCUT2D eigenvalue weighted by atomic mass is 9.96. The SMILES string of the molecule is O=C(NCCCc1ccco1)[C@@H]1COc2ccccc2C1. The topological polar surface area (TPSA) is 51.5 Å². The zero-order valence-corrected chi connectivity index (χ0v) is 11.9. The van der Waals surface area contributed by atoms with Crippen molar-refractivity contribution in [1.29, 1.82) is 0 Å². The van der Waals surface area contributed by atoms with Gasteiger partial charge in [0, 0.05) is 13.0 Å². The van der Waals surface area contributed by atoms with E-state index in [1.54, 1.807) is 6.26 Å². The molecule has 1 aromatic carbocycles. The lowest BCUT2D eigenvalue weighted by Gasteiger charge is -2.24. The number of rotatable bonds is 5. The van der Waals surface area contributed by atoms with Crippen LogP contribution in [0.15, 0.2) is 47.1 Å². The minimum atomic E-state index is -0.0940. The molecular weight excluding hydrogens is 266 g/mol. The van der Waals surface area contributed by atoms with Crippen LogP contribution in [0.1, 0.15) is 17.7 Å². The number of aryl methyl sites for hydroxylation is 1. The van der Waals surface area contributed by atoms with Crippen LogP contribution in [0, 0.1) is 5.92 Å². The van der Waals surface area contributed by atoms with Crippen molar-refractivity contribution in [3.05, 3.63) is 54.0 Å². The van der Waals surface area contributed by atoms with Gasteiger partial charge in [-0.3, -0.25) is 4.79 Å². The fourth-order valence-electron chi connectivity index (χ4n) is 2.57. The molecule has 0 spiro atoms. The van der Waals surface area contributed by atoms with Crippen LogP contribution >= 0.6 is 0 Å². The molecule has 1 aromatic heterocycles. The third kappa shape index (κ3) is 3.45. The maximum Gasteiger partial charge on any atom is 0.226 e. The first-order chi connectivity index (χ1) is 10.3. The van der Waals surface area contributed by atoms with E-state index in [0.717, 1.165) is 36.3 Å². The molecular formula is C17H19NO3. The molecule has 1 amide bonds. The smallest absolute Gasteiger partial charge is 0.226 e. The van der Waals surface area contributed by atoms with Gasteiger partial charge in [-0.25, -0.2) is 0 Å². The molecule has 21 heavy (non-hydrogen) atoms. The lowest BCUT2D eigenvalue weighted by molar-refractivity contribution is -0.126. The van der Waals surface area contributed by atoms with E-state index in [-0.39, 0.29) is 11.8 Å². The lowest BCUT2D eigenvalue weighted by Crippen LogP contribution is -2.37. The molecule has 1 aliphatic rings. The molecule has 0 bridgehead atoms. The van der Waals surface area contributed by atoms with Gasteiger partial charge in [0.05, 0.1) is 12.2 Å². The molecule has 0 radical (unpaired) electrons. The van der Waals surface area contributed by atoms with Gasteiger partial charge < -0.3 is 14.5 Å². The highest BCUT2D eigenvalue weighted by Crippen LogP contribution is 2.26. The molecule has 0 aliphatic carbocycles. The van der Waals surface area contributed by atoms with E-state index in [0.29, 0.717) is 13.2 Å². The van der Waals surface area contributed by atoms with Gasteiger partial charge in [-0.15, -0.1) is 0 Å². The zero-order chi connectivity index (χ0) is 14.5. The van der Waals surface area contributed by atoms with Crippen molar-refractivity contribution < 1.29 is 13.9 Å². The Hall–Kier alpha value is -2.23. The van der Waals surface area contributed by atoms with Gasteiger partial charge in [-0.05, 0) is 36.6 Å². The minimum absolute atomic E-state index is 0.0731. The highest BCUT2D eigenvalue weighted by Gasteiger charge is 2.25. The molecule has 0 saturated carbocycles. The summed E-state index contributed by atoms with van der Waals surface area (Å²) in [5.41, 5.74) is 1.11. The summed E-state index contributed by atoms with van der Waals surface area (Å²) in [7, 11) is 0. The molecule has 110 valence electrons. The van der Waals surface area contributed by atoms with Crippen LogP contribution in [0.4, 0.5) is 0 Å². The van der Waals surface area contributed by atoms with Crippen LogP contribution in [-0.4, -0.2) is 19.1 Å². The second-order valence-electron chi connectivity index (χ2n) is 5.29. The molecule has 2 heterocycles. The van der Waals surface area contributed by atoms with Gasteiger partial charge in [0.15, 0.2) is 0 Å². The fraction of sp³-hybridized carbons (Fsp3) is 0.353. The quantitative estimate of drug-likeness (QED) is 0.859. The number of ether oxygens (including phenoxy) is 1. The number of amides is 1. The van der Waals surface area contributed by atoms with E-state index in [1.165, 1.54) is 0 Å². The largest absolute Gasteiger partial charge is 0.492 e. The van der Waals surface area contributed by atoms with Gasteiger partial charge in [-0.1, -0.05) is 18.2 Å². The standard InChI is InChI=1S/C17H19NO3/c19-17(18-9-3-6-15-7-4-10-20-15)14-11-13-5-1-2-8-16(13)21-12-14/h1-2,4-5,7-8,10,14H,3,6,9,11-12H2,(H,18,19)/t14-/m0/s1. The monoisotopic (exact) mass is 285 g/mol. The van der Waals surface area contributed by atoms with E-state index in [2.05, 4.69) is 5.32 Å². The van der Waals surface area contributed by atoms with Crippen molar-refractivity contribution >= 4 is 5.91 Å². The Morgan fingerprint density at radius 2 is 2.14 bits per heavy atom. The van der Waals surface area contributed by atoms with E-state index in [9.17, 15) is 4.79 Å². The Bertz CT molecular complexity index is 592.